The summed E-state index contributed by atoms with van der Waals surface area (Å²) in [4.78, 5) is 10.8. The van der Waals surface area contributed by atoms with E-state index >= 15 is 0 Å². The van der Waals surface area contributed by atoms with Crippen molar-refractivity contribution in [3.05, 3.63) is 0 Å². The molecule has 0 spiro atoms. The Morgan fingerprint density at radius 2 is 2.45 bits per heavy atom. The van der Waals surface area contributed by atoms with Gasteiger partial charge in [0.25, 0.3) is 0 Å². The Kier molecular flexibility index (Phi) is 1.58. The van der Waals surface area contributed by atoms with Gasteiger partial charge < -0.3 is 14.2 Å². The van der Waals surface area contributed by atoms with Crippen molar-refractivity contribution in [1.29, 1.82) is 0 Å². The van der Waals surface area contributed by atoms with Crippen LogP contribution in [0, 0.1) is 5.92 Å². The predicted octanol–water partition coefficient (Wildman–Crippen LogP) is -0.0792. The van der Waals surface area contributed by atoms with E-state index in [0.717, 1.165) is 0 Å². The number of rotatable bonds is 1. The van der Waals surface area contributed by atoms with Crippen LogP contribution in [-0.4, -0.2) is 32.1 Å². The number of ether oxygens (including phenoxy) is 3. The van der Waals surface area contributed by atoms with Gasteiger partial charge in [0.1, 0.15) is 6.10 Å². The molecule has 4 nitrogen and oxygen atoms in total. The van der Waals surface area contributed by atoms with Crippen molar-refractivity contribution < 1.29 is 19.0 Å². The summed E-state index contributed by atoms with van der Waals surface area (Å²) in [7, 11) is 1.58. The summed E-state index contributed by atoms with van der Waals surface area (Å²) < 4.78 is 15.2. The highest BCUT2D eigenvalue weighted by Gasteiger charge is 2.46. The topological polar surface area (TPSA) is 44.8 Å². The van der Waals surface area contributed by atoms with Crippen LogP contribution in [0.1, 0.15) is 6.42 Å². The minimum absolute atomic E-state index is 0.0625. The zero-order valence-corrected chi connectivity index (χ0v) is 6.28. The lowest BCUT2D eigenvalue weighted by Crippen LogP contribution is -2.20. The molecule has 2 aliphatic rings. The molecule has 2 fully saturated rings. The van der Waals surface area contributed by atoms with Crippen LogP contribution in [0.3, 0.4) is 0 Å². The van der Waals surface area contributed by atoms with Crippen molar-refractivity contribution in [3.63, 3.8) is 0 Å². The minimum atomic E-state index is -0.244. The molecule has 11 heavy (non-hydrogen) atoms. The summed E-state index contributed by atoms with van der Waals surface area (Å²) in [6.07, 6.45) is 0.127. The van der Waals surface area contributed by atoms with Crippen molar-refractivity contribution in [1.82, 2.24) is 0 Å². The Hall–Kier alpha value is -0.610. The van der Waals surface area contributed by atoms with Gasteiger partial charge in [-0.3, -0.25) is 4.79 Å². The molecule has 0 aliphatic carbocycles. The first-order valence-corrected chi connectivity index (χ1v) is 3.65. The third kappa shape index (κ3) is 1.02. The van der Waals surface area contributed by atoms with Crippen LogP contribution in [0.15, 0.2) is 0 Å². The molecule has 0 aromatic rings. The number of methoxy groups -OCH3 is 1. The van der Waals surface area contributed by atoms with Gasteiger partial charge in [-0.15, -0.1) is 0 Å². The number of fused-ring (bicyclic) bond motifs is 1. The van der Waals surface area contributed by atoms with Crippen LogP contribution in [0.25, 0.3) is 0 Å². The molecule has 0 aromatic carbocycles. The second-order valence-corrected chi connectivity index (χ2v) is 2.83. The van der Waals surface area contributed by atoms with Crippen molar-refractivity contribution >= 4 is 5.97 Å². The van der Waals surface area contributed by atoms with Crippen molar-refractivity contribution in [2.24, 2.45) is 5.92 Å². The summed E-state index contributed by atoms with van der Waals surface area (Å²) in [6, 6.07) is 0. The van der Waals surface area contributed by atoms with Crippen LogP contribution in [0.5, 0.6) is 0 Å². The molecule has 2 heterocycles. The molecule has 0 saturated carbocycles. The van der Waals surface area contributed by atoms with E-state index in [2.05, 4.69) is 0 Å². The Labute approximate surface area is 64.4 Å². The zero-order chi connectivity index (χ0) is 7.84. The van der Waals surface area contributed by atoms with Gasteiger partial charge in [0, 0.05) is 7.11 Å². The predicted molar refractivity (Wildman–Crippen MR) is 34.7 cm³/mol. The Morgan fingerprint density at radius 3 is 3.18 bits per heavy atom. The lowest BCUT2D eigenvalue weighted by Gasteiger charge is -2.11. The lowest BCUT2D eigenvalue weighted by atomic mass is 10.0. The first kappa shape index (κ1) is 7.06. The van der Waals surface area contributed by atoms with Gasteiger partial charge in [-0.25, -0.2) is 0 Å². The molecule has 0 aromatic heterocycles. The number of hydrogen-bond acceptors (Lipinski definition) is 4. The summed E-state index contributed by atoms with van der Waals surface area (Å²) in [6.45, 7) is 0.481. The summed E-state index contributed by atoms with van der Waals surface area (Å²) in [5.41, 5.74) is 0. The van der Waals surface area contributed by atoms with Gasteiger partial charge in [0.15, 0.2) is 6.29 Å². The third-order valence-corrected chi connectivity index (χ3v) is 2.17. The second-order valence-electron chi connectivity index (χ2n) is 2.83. The maximum absolute atomic E-state index is 10.8. The van der Waals surface area contributed by atoms with Crippen molar-refractivity contribution in [3.8, 4) is 0 Å². The minimum Gasteiger partial charge on any atom is -0.459 e. The fourth-order valence-corrected chi connectivity index (χ4v) is 1.61. The van der Waals surface area contributed by atoms with E-state index in [4.69, 9.17) is 14.2 Å². The van der Waals surface area contributed by atoms with Gasteiger partial charge >= 0.3 is 5.97 Å². The van der Waals surface area contributed by atoms with Gasteiger partial charge in [-0.1, -0.05) is 0 Å². The number of carbonyl (C=O) groups is 1. The highest BCUT2D eigenvalue weighted by atomic mass is 16.7. The van der Waals surface area contributed by atoms with Crippen LogP contribution in [-0.2, 0) is 19.0 Å². The smallest absolute Gasteiger partial charge is 0.306 e. The van der Waals surface area contributed by atoms with E-state index in [1.54, 1.807) is 7.11 Å². The molecule has 0 bridgehead atoms. The van der Waals surface area contributed by atoms with E-state index < -0.39 is 0 Å². The molecule has 0 unspecified atom stereocenters. The molecule has 2 saturated heterocycles. The van der Waals surface area contributed by atoms with E-state index in [0.29, 0.717) is 13.0 Å². The summed E-state index contributed by atoms with van der Waals surface area (Å²) in [5, 5.41) is 0. The Morgan fingerprint density at radius 1 is 1.64 bits per heavy atom. The SMILES string of the molecule is CO[C@H]1OC[C@@H]2OC(=O)C[C@@H]12. The Balaban J connectivity index is 2.07. The maximum Gasteiger partial charge on any atom is 0.306 e. The third-order valence-electron chi connectivity index (χ3n) is 2.17. The largest absolute Gasteiger partial charge is 0.459 e. The van der Waals surface area contributed by atoms with E-state index in [9.17, 15) is 4.79 Å². The van der Waals surface area contributed by atoms with Crippen LogP contribution >= 0.6 is 0 Å². The quantitative estimate of drug-likeness (QED) is 0.501. The van der Waals surface area contributed by atoms with Crippen LogP contribution in [0.4, 0.5) is 0 Å². The zero-order valence-electron chi connectivity index (χ0n) is 6.28. The molecular weight excluding hydrogens is 148 g/mol. The maximum atomic E-state index is 10.8. The van der Waals surface area contributed by atoms with Crippen LogP contribution < -0.4 is 0 Å². The monoisotopic (exact) mass is 158 g/mol. The van der Waals surface area contributed by atoms with E-state index in [-0.39, 0.29) is 24.3 Å². The molecule has 0 radical (unpaired) electrons. The average Bonchev–Trinajstić information content (AvgIpc) is 2.45. The first-order valence-electron chi connectivity index (χ1n) is 3.65. The lowest BCUT2D eigenvalue weighted by molar-refractivity contribution is -0.146. The molecule has 2 rings (SSSR count). The van der Waals surface area contributed by atoms with E-state index in [1.807, 2.05) is 0 Å². The van der Waals surface area contributed by atoms with Gasteiger partial charge in [0.2, 0.25) is 0 Å². The fourth-order valence-electron chi connectivity index (χ4n) is 1.61. The van der Waals surface area contributed by atoms with Gasteiger partial charge in [-0.05, 0) is 0 Å². The number of carbonyl (C=O) groups excluding carboxylic acids is 1. The van der Waals surface area contributed by atoms with Crippen molar-refractivity contribution in [2.45, 2.75) is 18.8 Å². The molecule has 0 amide bonds. The molecule has 3 atom stereocenters. The summed E-state index contributed by atoms with van der Waals surface area (Å²) in [5.74, 6) is -0.0159. The number of esters is 1. The highest BCUT2D eigenvalue weighted by molar-refractivity contribution is 5.72. The number of hydrogen-bond donors (Lipinski definition) is 0. The first-order chi connectivity index (χ1) is 5.31. The second kappa shape index (κ2) is 2.46. The Bertz CT molecular complexity index is 179. The van der Waals surface area contributed by atoms with E-state index in [1.165, 1.54) is 0 Å². The molecule has 4 heteroatoms. The fraction of sp³-hybridized carbons (Fsp3) is 0.857. The standard InChI is InChI=1S/C7H10O4/c1-9-7-4-2-6(8)11-5(4)3-10-7/h4-5,7H,2-3H2,1H3/t4-,5+,7+/m1/s1. The molecular formula is C7H10O4. The molecule has 0 N–H and O–H groups in total. The summed E-state index contributed by atoms with van der Waals surface area (Å²) >= 11 is 0. The van der Waals surface area contributed by atoms with Crippen molar-refractivity contribution in [2.75, 3.05) is 13.7 Å². The van der Waals surface area contributed by atoms with Gasteiger partial charge in [0.05, 0.1) is 18.9 Å². The molecule has 2 aliphatic heterocycles. The van der Waals surface area contributed by atoms with Gasteiger partial charge in [-0.2, -0.15) is 0 Å². The normalized spacial score (nSPS) is 42.3. The highest BCUT2D eigenvalue weighted by Crippen LogP contribution is 2.33. The average molecular weight is 158 g/mol. The molecule has 62 valence electrons. The van der Waals surface area contributed by atoms with Crippen LogP contribution in [0.2, 0.25) is 0 Å².